The lowest BCUT2D eigenvalue weighted by Gasteiger charge is -2.22. The van der Waals surface area contributed by atoms with Crippen molar-refractivity contribution in [3.8, 4) is 17.3 Å². The van der Waals surface area contributed by atoms with Crippen LogP contribution in [0.25, 0.3) is 33.2 Å². The molecule has 2 aromatic heterocycles. The molecule has 29 heavy (non-hydrogen) atoms. The zero-order valence-corrected chi connectivity index (χ0v) is 17.0. The quantitative estimate of drug-likeness (QED) is 0.382. The molecule has 2 aromatic carbocycles. The number of rotatable bonds is 2. The van der Waals surface area contributed by atoms with Crippen molar-refractivity contribution in [3.05, 3.63) is 65.4 Å². The molecule has 0 saturated heterocycles. The maximum absolute atomic E-state index is 9.98. The number of pyridine rings is 1. The van der Waals surface area contributed by atoms with Crippen molar-refractivity contribution in [1.82, 2.24) is 0 Å². The molecule has 0 N–H and O–H groups in total. The second kappa shape index (κ2) is 7.04. The van der Waals surface area contributed by atoms with E-state index < -0.39 is 0 Å². The number of furan rings is 1. The van der Waals surface area contributed by atoms with Gasteiger partial charge >= 0.3 is 0 Å². The number of hydrogen-bond acceptors (Lipinski definition) is 2. The molecule has 0 amide bonds. The van der Waals surface area contributed by atoms with Crippen LogP contribution in [0.4, 0.5) is 0 Å². The molecule has 1 fully saturated rings. The predicted octanol–water partition coefficient (Wildman–Crippen LogP) is 6.31. The third-order valence-electron chi connectivity index (χ3n) is 6.51. The summed E-state index contributed by atoms with van der Waals surface area (Å²) < 4.78 is 8.45. The van der Waals surface area contributed by atoms with Gasteiger partial charge < -0.3 is 4.42 Å². The SMILES string of the molecule is Cc1cc2c(cc1-c1cccc[n+]1C)oc1c(C#N)c(C3CCCCC3)ccc12. The Kier molecular flexibility index (Phi) is 4.36. The largest absolute Gasteiger partial charge is 0.455 e. The summed E-state index contributed by atoms with van der Waals surface area (Å²) in [5.41, 5.74) is 7.01. The lowest BCUT2D eigenvalue weighted by molar-refractivity contribution is -0.660. The molecule has 3 nitrogen and oxygen atoms in total. The van der Waals surface area contributed by atoms with E-state index >= 15 is 0 Å². The van der Waals surface area contributed by atoms with Crippen LogP contribution in [0.3, 0.4) is 0 Å². The third-order valence-corrected chi connectivity index (χ3v) is 6.51. The van der Waals surface area contributed by atoms with E-state index in [0.29, 0.717) is 5.92 Å². The molecule has 0 radical (unpaired) electrons. The van der Waals surface area contributed by atoms with Crippen molar-refractivity contribution in [2.24, 2.45) is 7.05 Å². The van der Waals surface area contributed by atoms with Crippen molar-refractivity contribution < 1.29 is 8.98 Å². The van der Waals surface area contributed by atoms with E-state index in [4.69, 9.17) is 4.42 Å². The molecule has 0 atom stereocenters. The Balaban J connectivity index is 1.73. The molecule has 0 bridgehead atoms. The van der Waals surface area contributed by atoms with Crippen molar-refractivity contribution in [2.75, 3.05) is 0 Å². The first-order chi connectivity index (χ1) is 14.2. The van der Waals surface area contributed by atoms with Crippen molar-refractivity contribution >= 4 is 21.9 Å². The summed E-state index contributed by atoms with van der Waals surface area (Å²) in [6, 6.07) is 17.3. The topological polar surface area (TPSA) is 40.8 Å². The Morgan fingerprint density at radius 2 is 1.86 bits per heavy atom. The lowest BCUT2D eigenvalue weighted by atomic mass is 9.82. The summed E-state index contributed by atoms with van der Waals surface area (Å²) in [5, 5.41) is 12.1. The van der Waals surface area contributed by atoms with Gasteiger partial charge in [0.2, 0.25) is 5.69 Å². The van der Waals surface area contributed by atoms with E-state index in [1.165, 1.54) is 43.2 Å². The minimum Gasteiger partial charge on any atom is -0.455 e. The first-order valence-corrected chi connectivity index (χ1v) is 10.5. The van der Waals surface area contributed by atoms with E-state index in [1.54, 1.807) is 0 Å². The summed E-state index contributed by atoms with van der Waals surface area (Å²) in [6.07, 6.45) is 8.23. The van der Waals surface area contributed by atoms with E-state index in [0.717, 1.165) is 38.8 Å². The van der Waals surface area contributed by atoms with Gasteiger partial charge in [0.05, 0.1) is 11.1 Å². The van der Waals surface area contributed by atoms with Gasteiger partial charge in [-0.2, -0.15) is 5.26 Å². The van der Waals surface area contributed by atoms with Crippen LogP contribution in [0.2, 0.25) is 0 Å². The molecule has 0 spiro atoms. The van der Waals surface area contributed by atoms with Crippen LogP contribution >= 0.6 is 0 Å². The minimum atomic E-state index is 0.483. The number of nitriles is 1. The van der Waals surface area contributed by atoms with Gasteiger partial charge in [-0.25, -0.2) is 4.57 Å². The fraction of sp³-hybridized carbons (Fsp3) is 0.308. The standard InChI is InChI=1S/C26H25N2O/c1-17-14-22-20-12-11-19(18-8-4-3-5-9-18)23(16-27)26(20)29-25(22)15-21(17)24-10-6-7-13-28(24)2/h6-7,10-15,18H,3-5,8-9H2,1-2H3/q+1. The van der Waals surface area contributed by atoms with Crippen LogP contribution in [0.5, 0.6) is 0 Å². The average molecular weight is 381 g/mol. The molecule has 1 saturated carbocycles. The summed E-state index contributed by atoms with van der Waals surface area (Å²) in [7, 11) is 2.06. The molecule has 1 aliphatic carbocycles. The normalized spacial score (nSPS) is 15.1. The first kappa shape index (κ1) is 17.9. The Hall–Kier alpha value is -3.12. The number of hydrogen-bond donors (Lipinski definition) is 0. The van der Waals surface area contributed by atoms with Gasteiger partial charge in [-0.1, -0.05) is 31.4 Å². The average Bonchev–Trinajstić information content (AvgIpc) is 3.11. The van der Waals surface area contributed by atoms with Gasteiger partial charge in [-0.15, -0.1) is 0 Å². The summed E-state index contributed by atoms with van der Waals surface area (Å²) in [6.45, 7) is 2.14. The third kappa shape index (κ3) is 2.91. The van der Waals surface area contributed by atoms with Crippen LogP contribution in [-0.4, -0.2) is 0 Å². The fourth-order valence-electron chi connectivity index (χ4n) is 4.96. The molecular weight excluding hydrogens is 356 g/mol. The summed E-state index contributed by atoms with van der Waals surface area (Å²) in [5.74, 6) is 0.483. The number of benzene rings is 2. The zero-order chi connectivity index (χ0) is 20.0. The van der Waals surface area contributed by atoms with Crippen molar-refractivity contribution in [2.45, 2.75) is 44.9 Å². The fourth-order valence-corrected chi connectivity index (χ4v) is 4.96. The smallest absolute Gasteiger partial charge is 0.212 e. The number of nitrogens with zero attached hydrogens (tertiary/aromatic N) is 2. The zero-order valence-electron chi connectivity index (χ0n) is 17.0. The highest BCUT2D eigenvalue weighted by molar-refractivity contribution is 6.08. The molecule has 4 aromatic rings. The van der Waals surface area contributed by atoms with Gasteiger partial charge in [-0.05, 0) is 55.0 Å². The Morgan fingerprint density at radius 1 is 1.03 bits per heavy atom. The van der Waals surface area contributed by atoms with Crippen molar-refractivity contribution in [1.29, 1.82) is 5.26 Å². The van der Waals surface area contributed by atoms with Crippen LogP contribution in [-0.2, 0) is 7.05 Å². The van der Waals surface area contributed by atoms with E-state index in [2.05, 4.69) is 67.2 Å². The molecule has 0 unspecified atom stereocenters. The number of aryl methyl sites for hydroxylation is 2. The molecule has 2 heterocycles. The number of fused-ring (bicyclic) bond motifs is 3. The Labute approximate surface area is 171 Å². The van der Waals surface area contributed by atoms with E-state index in [-0.39, 0.29) is 0 Å². The monoisotopic (exact) mass is 381 g/mol. The van der Waals surface area contributed by atoms with E-state index in [9.17, 15) is 5.26 Å². The van der Waals surface area contributed by atoms with Crippen LogP contribution in [0.1, 0.15) is 54.7 Å². The molecule has 1 aliphatic rings. The maximum atomic E-state index is 9.98. The minimum absolute atomic E-state index is 0.483. The Bertz CT molecular complexity index is 1270. The first-order valence-electron chi connectivity index (χ1n) is 10.5. The van der Waals surface area contributed by atoms with Crippen LogP contribution < -0.4 is 4.57 Å². The summed E-state index contributed by atoms with van der Waals surface area (Å²) >= 11 is 0. The molecular formula is C26H25N2O+. The van der Waals surface area contributed by atoms with Gasteiger partial charge in [0.1, 0.15) is 18.7 Å². The second-order valence-electron chi connectivity index (χ2n) is 8.32. The molecule has 0 aliphatic heterocycles. The van der Waals surface area contributed by atoms with Gasteiger partial charge in [0.15, 0.2) is 11.8 Å². The highest BCUT2D eigenvalue weighted by atomic mass is 16.3. The van der Waals surface area contributed by atoms with Crippen molar-refractivity contribution in [3.63, 3.8) is 0 Å². The molecule has 5 rings (SSSR count). The molecule has 144 valence electrons. The number of aromatic nitrogens is 1. The van der Waals surface area contributed by atoms with Gasteiger partial charge in [0, 0.05) is 22.9 Å². The highest BCUT2D eigenvalue weighted by Gasteiger charge is 2.23. The second-order valence-corrected chi connectivity index (χ2v) is 8.32. The van der Waals surface area contributed by atoms with Gasteiger partial charge in [-0.3, -0.25) is 0 Å². The lowest BCUT2D eigenvalue weighted by Crippen LogP contribution is -2.30. The molecule has 3 heteroatoms. The predicted molar refractivity (Wildman–Crippen MR) is 116 cm³/mol. The van der Waals surface area contributed by atoms with E-state index in [1.807, 2.05) is 6.07 Å². The van der Waals surface area contributed by atoms with Gasteiger partial charge in [0.25, 0.3) is 0 Å². The van der Waals surface area contributed by atoms with Crippen LogP contribution in [0, 0.1) is 18.3 Å². The highest BCUT2D eigenvalue weighted by Crippen LogP contribution is 2.40. The summed E-state index contributed by atoms with van der Waals surface area (Å²) in [4.78, 5) is 0. The maximum Gasteiger partial charge on any atom is 0.212 e. The van der Waals surface area contributed by atoms with Crippen LogP contribution in [0.15, 0.2) is 53.1 Å². The Morgan fingerprint density at radius 3 is 2.62 bits per heavy atom.